The molecule has 0 bridgehead atoms. The van der Waals surface area contributed by atoms with E-state index >= 15 is 0 Å². The topological polar surface area (TPSA) is 50.8 Å². The van der Waals surface area contributed by atoms with Crippen LogP contribution in [0, 0.1) is 26.2 Å². The lowest BCUT2D eigenvalue weighted by atomic mass is 10.1. The number of rotatable bonds is 3. The molecule has 0 aliphatic rings. The first-order valence-electron chi connectivity index (χ1n) is 7.27. The van der Waals surface area contributed by atoms with Crippen molar-refractivity contribution in [2.75, 3.05) is 4.90 Å². The molecule has 0 saturated heterocycles. The van der Waals surface area contributed by atoms with Crippen LogP contribution in [0.4, 0.5) is 17.1 Å². The summed E-state index contributed by atoms with van der Waals surface area (Å²) in [6, 6.07) is 27.4. The van der Waals surface area contributed by atoms with Gasteiger partial charge in [0.1, 0.15) is 0 Å². The molecule has 0 N–H and O–H groups in total. The standard InChI is InChI=1S/C20H12IN3/c21-17-5-11-20(12-6-17)24(18-7-1-15(13-22)2-8-18)19-9-3-16(14-23)4-10-19/h1-12H. The lowest BCUT2D eigenvalue weighted by Crippen LogP contribution is -2.09. The van der Waals surface area contributed by atoms with Crippen LogP contribution in [-0.4, -0.2) is 0 Å². The molecule has 3 aromatic carbocycles. The quantitative estimate of drug-likeness (QED) is 0.525. The van der Waals surface area contributed by atoms with Crippen molar-refractivity contribution in [3.8, 4) is 12.1 Å². The molecule has 4 heteroatoms. The maximum absolute atomic E-state index is 8.99. The van der Waals surface area contributed by atoms with Crippen LogP contribution < -0.4 is 4.90 Å². The van der Waals surface area contributed by atoms with Gasteiger partial charge in [0.2, 0.25) is 0 Å². The van der Waals surface area contributed by atoms with E-state index in [0.29, 0.717) is 11.1 Å². The predicted octanol–water partition coefficient (Wildman–Crippen LogP) is 5.50. The molecule has 0 aliphatic heterocycles. The molecule has 114 valence electrons. The number of halogens is 1. The smallest absolute Gasteiger partial charge is 0.0991 e. The van der Waals surface area contributed by atoms with Crippen LogP contribution >= 0.6 is 22.6 Å². The third-order valence-electron chi connectivity index (χ3n) is 3.59. The second kappa shape index (κ2) is 7.16. The van der Waals surface area contributed by atoms with E-state index in [2.05, 4.69) is 63.9 Å². The first-order valence-corrected chi connectivity index (χ1v) is 8.35. The molecule has 0 radical (unpaired) electrons. The summed E-state index contributed by atoms with van der Waals surface area (Å²) in [6.07, 6.45) is 0. The van der Waals surface area contributed by atoms with Gasteiger partial charge >= 0.3 is 0 Å². The maximum Gasteiger partial charge on any atom is 0.0991 e. The Balaban J connectivity index is 2.10. The van der Waals surface area contributed by atoms with E-state index in [9.17, 15) is 0 Å². The average molecular weight is 421 g/mol. The molecular formula is C20H12IN3. The Labute approximate surface area is 154 Å². The van der Waals surface area contributed by atoms with Crippen LogP contribution in [0.25, 0.3) is 0 Å². The number of nitriles is 2. The van der Waals surface area contributed by atoms with E-state index < -0.39 is 0 Å². The molecule has 0 amide bonds. The number of anilines is 3. The van der Waals surface area contributed by atoms with E-state index in [0.717, 1.165) is 20.6 Å². The van der Waals surface area contributed by atoms with E-state index in [1.807, 2.05) is 24.3 Å². The minimum atomic E-state index is 0.626. The molecule has 0 atom stereocenters. The highest BCUT2D eigenvalue weighted by atomic mass is 127. The maximum atomic E-state index is 8.99. The molecular weight excluding hydrogens is 409 g/mol. The first kappa shape index (κ1) is 16.0. The fraction of sp³-hybridized carbons (Fsp3) is 0. The van der Waals surface area contributed by atoms with Gasteiger partial charge in [-0.3, -0.25) is 0 Å². The van der Waals surface area contributed by atoms with Gasteiger partial charge in [0.15, 0.2) is 0 Å². The molecule has 3 aromatic rings. The van der Waals surface area contributed by atoms with Crippen LogP contribution in [0.15, 0.2) is 72.8 Å². The van der Waals surface area contributed by atoms with E-state index in [1.165, 1.54) is 0 Å². The summed E-state index contributed by atoms with van der Waals surface area (Å²) in [6.45, 7) is 0. The van der Waals surface area contributed by atoms with Crippen LogP contribution in [0.5, 0.6) is 0 Å². The summed E-state index contributed by atoms with van der Waals surface area (Å²) in [5.74, 6) is 0. The Morgan fingerprint density at radius 1 is 0.583 bits per heavy atom. The third-order valence-corrected chi connectivity index (χ3v) is 4.31. The Morgan fingerprint density at radius 2 is 0.917 bits per heavy atom. The number of nitrogens with zero attached hydrogens (tertiary/aromatic N) is 3. The van der Waals surface area contributed by atoms with Crippen molar-refractivity contribution in [3.63, 3.8) is 0 Å². The van der Waals surface area contributed by atoms with Crippen LogP contribution in [0.3, 0.4) is 0 Å². The summed E-state index contributed by atoms with van der Waals surface area (Å²) < 4.78 is 1.16. The minimum absolute atomic E-state index is 0.626. The van der Waals surface area contributed by atoms with Crippen LogP contribution in [0.2, 0.25) is 0 Å². The summed E-state index contributed by atoms with van der Waals surface area (Å²) in [4.78, 5) is 2.10. The van der Waals surface area contributed by atoms with Crippen molar-refractivity contribution in [2.45, 2.75) is 0 Å². The monoisotopic (exact) mass is 421 g/mol. The van der Waals surface area contributed by atoms with Crippen molar-refractivity contribution >= 4 is 39.7 Å². The molecule has 0 heterocycles. The highest BCUT2D eigenvalue weighted by Gasteiger charge is 2.12. The van der Waals surface area contributed by atoms with Gasteiger partial charge in [-0.1, -0.05) is 0 Å². The molecule has 0 spiro atoms. The predicted molar refractivity (Wildman–Crippen MR) is 103 cm³/mol. The molecule has 3 nitrogen and oxygen atoms in total. The lowest BCUT2D eigenvalue weighted by Gasteiger charge is -2.25. The van der Waals surface area contributed by atoms with Gasteiger partial charge in [-0.15, -0.1) is 0 Å². The Kier molecular flexibility index (Phi) is 4.79. The Hall–Kier alpha value is -2.83. The molecule has 24 heavy (non-hydrogen) atoms. The molecule has 0 aromatic heterocycles. The lowest BCUT2D eigenvalue weighted by molar-refractivity contribution is 1.27. The first-order chi connectivity index (χ1) is 11.7. The molecule has 0 unspecified atom stereocenters. The molecule has 0 aliphatic carbocycles. The third kappa shape index (κ3) is 3.40. The van der Waals surface area contributed by atoms with Gasteiger partial charge in [0.25, 0.3) is 0 Å². The second-order valence-corrected chi connectivity index (χ2v) is 6.37. The minimum Gasteiger partial charge on any atom is -0.311 e. The fourth-order valence-electron chi connectivity index (χ4n) is 2.41. The highest BCUT2D eigenvalue weighted by Crippen LogP contribution is 2.34. The van der Waals surface area contributed by atoms with Gasteiger partial charge in [-0.2, -0.15) is 10.5 Å². The van der Waals surface area contributed by atoms with E-state index in [-0.39, 0.29) is 0 Å². The number of hydrogen-bond acceptors (Lipinski definition) is 3. The fourth-order valence-corrected chi connectivity index (χ4v) is 2.77. The summed E-state index contributed by atoms with van der Waals surface area (Å²) in [5.41, 5.74) is 4.19. The van der Waals surface area contributed by atoms with Crippen molar-refractivity contribution in [1.29, 1.82) is 10.5 Å². The summed E-state index contributed by atoms with van der Waals surface area (Å²) >= 11 is 2.28. The number of benzene rings is 3. The normalized spacial score (nSPS) is 9.79. The van der Waals surface area contributed by atoms with E-state index in [4.69, 9.17) is 10.5 Å². The van der Waals surface area contributed by atoms with Crippen molar-refractivity contribution < 1.29 is 0 Å². The van der Waals surface area contributed by atoms with Crippen molar-refractivity contribution in [1.82, 2.24) is 0 Å². The van der Waals surface area contributed by atoms with Gasteiger partial charge < -0.3 is 4.90 Å². The zero-order valence-corrected chi connectivity index (χ0v) is 14.8. The van der Waals surface area contributed by atoms with Crippen LogP contribution in [0.1, 0.15) is 11.1 Å². The van der Waals surface area contributed by atoms with Gasteiger partial charge in [-0.25, -0.2) is 0 Å². The van der Waals surface area contributed by atoms with Crippen molar-refractivity contribution in [3.05, 3.63) is 87.5 Å². The average Bonchev–Trinajstić information content (AvgIpc) is 2.64. The SMILES string of the molecule is N#Cc1ccc(N(c2ccc(I)cc2)c2ccc(C#N)cc2)cc1. The van der Waals surface area contributed by atoms with Gasteiger partial charge in [0, 0.05) is 20.6 Å². The van der Waals surface area contributed by atoms with E-state index in [1.54, 1.807) is 24.3 Å². The molecule has 0 fully saturated rings. The largest absolute Gasteiger partial charge is 0.311 e. The Bertz CT molecular complexity index is 858. The Morgan fingerprint density at radius 3 is 1.25 bits per heavy atom. The zero-order valence-electron chi connectivity index (χ0n) is 12.6. The zero-order chi connectivity index (χ0) is 16.9. The summed E-state index contributed by atoms with van der Waals surface area (Å²) in [7, 11) is 0. The van der Waals surface area contributed by atoms with Gasteiger partial charge in [0.05, 0.1) is 23.3 Å². The number of hydrogen-bond donors (Lipinski definition) is 0. The van der Waals surface area contributed by atoms with Crippen LogP contribution in [-0.2, 0) is 0 Å². The molecule has 3 rings (SSSR count). The summed E-state index contributed by atoms with van der Waals surface area (Å²) in [5, 5.41) is 18.0. The molecule has 0 saturated carbocycles. The second-order valence-electron chi connectivity index (χ2n) is 5.13. The highest BCUT2D eigenvalue weighted by molar-refractivity contribution is 14.1. The van der Waals surface area contributed by atoms with Crippen molar-refractivity contribution in [2.24, 2.45) is 0 Å². The van der Waals surface area contributed by atoms with Gasteiger partial charge in [-0.05, 0) is 95.4 Å².